The molecule has 1 amide bonds. The molecule has 2 heterocycles. The molecule has 5 nitrogen and oxygen atoms in total. The molecule has 7 heteroatoms. The van der Waals surface area contributed by atoms with Gasteiger partial charge in [0.25, 0.3) is 5.91 Å². The molecule has 0 atom stereocenters. The lowest BCUT2D eigenvalue weighted by molar-refractivity contribution is 0.102. The molecular formula is C21H15BrFN3O2. The van der Waals surface area contributed by atoms with Gasteiger partial charge in [0.15, 0.2) is 0 Å². The maximum Gasteiger partial charge on any atom is 0.256 e. The predicted molar refractivity (Wildman–Crippen MR) is 108 cm³/mol. The first kappa shape index (κ1) is 18.2. The average molecular weight is 440 g/mol. The molecule has 1 N–H and O–H groups in total. The number of halogens is 2. The number of fused-ring (bicyclic) bond motifs is 1. The zero-order valence-corrected chi connectivity index (χ0v) is 16.2. The van der Waals surface area contributed by atoms with Crippen LogP contribution in [0.1, 0.15) is 16.1 Å². The Kier molecular flexibility index (Phi) is 5.08. The van der Waals surface area contributed by atoms with E-state index in [9.17, 15) is 9.18 Å². The summed E-state index contributed by atoms with van der Waals surface area (Å²) in [6.45, 7) is 0.308. The normalized spacial score (nSPS) is 10.8. The second-order valence-corrected chi connectivity index (χ2v) is 6.95. The monoisotopic (exact) mass is 439 g/mol. The van der Waals surface area contributed by atoms with E-state index in [0.717, 1.165) is 11.3 Å². The number of imidazole rings is 1. The second-order valence-electron chi connectivity index (χ2n) is 6.09. The standard InChI is InChI=1S/C21H15BrFN3O2/c22-19-10-14(23)7-8-18(19)21(27)25-15-4-3-5-17(11-15)28-13-16-12-26-9-2-1-6-20(26)24-16/h1-12H,13H2,(H,25,27). The summed E-state index contributed by atoms with van der Waals surface area (Å²) in [5, 5.41) is 2.79. The van der Waals surface area contributed by atoms with Crippen molar-refractivity contribution in [3.63, 3.8) is 0 Å². The fraction of sp³-hybridized carbons (Fsp3) is 0.0476. The van der Waals surface area contributed by atoms with Gasteiger partial charge in [0.1, 0.15) is 23.8 Å². The third-order valence-electron chi connectivity index (χ3n) is 4.07. The SMILES string of the molecule is O=C(Nc1cccc(OCc2cn3ccccc3n2)c1)c1ccc(F)cc1Br. The fourth-order valence-corrected chi connectivity index (χ4v) is 3.28. The number of aromatic nitrogens is 2. The van der Waals surface area contributed by atoms with Crippen LogP contribution in [0.2, 0.25) is 0 Å². The van der Waals surface area contributed by atoms with Crippen molar-refractivity contribution in [3.8, 4) is 5.75 Å². The number of nitrogens with one attached hydrogen (secondary N) is 1. The van der Waals surface area contributed by atoms with Crippen LogP contribution in [0.4, 0.5) is 10.1 Å². The Hall–Kier alpha value is -3.19. The lowest BCUT2D eigenvalue weighted by Gasteiger charge is -2.09. The summed E-state index contributed by atoms with van der Waals surface area (Å²) in [6.07, 6.45) is 3.84. The maximum atomic E-state index is 13.2. The zero-order valence-electron chi connectivity index (χ0n) is 14.6. The Morgan fingerprint density at radius 1 is 1.14 bits per heavy atom. The summed E-state index contributed by atoms with van der Waals surface area (Å²) in [5.41, 5.74) is 2.58. The van der Waals surface area contributed by atoms with E-state index in [1.165, 1.54) is 18.2 Å². The van der Waals surface area contributed by atoms with Gasteiger partial charge < -0.3 is 14.5 Å². The van der Waals surface area contributed by atoms with Gasteiger partial charge in [0, 0.05) is 28.6 Å². The number of carbonyl (C=O) groups is 1. The molecule has 0 saturated heterocycles. The number of pyridine rings is 1. The maximum absolute atomic E-state index is 13.2. The first-order valence-corrected chi connectivity index (χ1v) is 9.30. The summed E-state index contributed by atoms with van der Waals surface area (Å²) >= 11 is 3.21. The highest BCUT2D eigenvalue weighted by Crippen LogP contribution is 2.22. The molecule has 2 aromatic carbocycles. The van der Waals surface area contributed by atoms with Crippen molar-refractivity contribution in [1.82, 2.24) is 9.38 Å². The quantitative estimate of drug-likeness (QED) is 0.472. The van der Waals surface area contributed by atoms with E-state index in [4.69, 9.17) is 4.74 Å². The molecule has 0 aliphatic rings. The van der Waals surface area contributed by atoms with Crippen molar-refractivity contribution in [1.29, 1.82) is 0 Å². The van der Waals surface area contributed by atoms with Gasteiger partial charge in [-0.15, -0.1) is 0 Å². The zero-order chi connectivity index (χ0) is 19.5. The smallest absolute Gasteiger partial charge is 0.256 e. The number of rotatable bonds is 5. The summed E-state index contributed by atoms with van der Waals surface area (Å²) in [5.74, 6) is -0.150. The summed E-state index contributed by atoms with van der Waals surface area (Å²) in [7, 11) is 0. The van der Waals surface area contributed by atoms with Gasteiger partial charge >= 0.3 is 0 Å². The van der Waals surface area contributed by atoms with Crippen molar-refractivity contribution in [2.45, 2.75) is 6.61 Å². The second kappa shape index (κ2) is 7.82. The molecule has 0 unspecified atom stereocenters. The number of carbonyl (C=O) groups excluding carboxylic acids is 1. The van der Waals surface area contributed by atoms with Crippen LogP contribution in [0.3, 0.4) is 0 Å². The highest BCUT2D eigenvalue weighted by Gasteiger charge is 2.11. The number of ether oxygens (including phenoxy) is 1. The van der Waals surface area contributed by atoms with Crippen molar-refractivity contribution in [2.75, 3.05) is 5.32 Å². The average Bonchev–Trinajstić information content (AvgIpc) is 3.09. The third-order valence-corrected chi connectivity index (χ3v) is 4.72. The molecule has 4 aromatic rings. The molecule has 0 radical (unpaired) electrons. The minimum Gasteiger partial charge on any atom is -0.487 e. The molecule has 28 heavy (non-hydrogen) atoms. The van der Waals surface area contributed by atoms with Gasteiger partial charge in [-0.05, 0) is 58.4 Å². The van der Waals surface area contributed by atoms with E-state index in [-0.39, 0.29) is 5.91 Å². The van der Waals surface area contributed by atoms with Gasteiger partial charge in [0.2, 0.25) is 0 Å². The molecule has 2 aromatic heterocycles. The molecular weight excluding hydrogens is 425 g/mol. The molecule has 0 fully saturated rings. The lowest BCUT2D eigenvalue weighted by Crippen LogP contribution is -2.12. The topological polar surface area (TPSA) is 55.6 Å². The molecule has 0 saturated carbocycles. The van der Waals surface area contributed by atoms with E-state index in [2.05, 4.69) is 26.2 Å². The van der Waals surface area contributed by atoms with Crippen LogP contribution in [0.15, 0.2) is 77.5 Å². The van der Waals surface area contributed by atoms with Crippen LogP contribution >= 0.6 is 15.9 Å². The van der Waals surface area contributed by atoms with Crippen LogP contribution in [0, 0.1) is 5.82 Å². The summed E-state index contributed by atoms with van der Waals surface area (Å²) < 4.78 is 21.3. The number of nitrogens with zero attached hydrogens (tertiary/aromatic N) is 2. The van der Waals surface area contributed by atoms with Crippen LogP contribution in [0.5, 0.6) is 5.75 Å². The largest absolute Gasteiger partial charge is 0.487 e. The molecule has 4 rings (SSSR count). The first-order chi connectivity index (χ1) is 13.6. The lowest BCUT2D eigenvalue weighted by atomic mass is 10.2. The van der Waals surface area contributed by atoms with E-state index in [0.29, 0.717) is 28.1 Å². The molecule has 0 aliphatic heterocycles. The van der Waals surface area contributed by atoms with Crippen molar-refractivity contribution < 1.29 is 13.9 Å². The highest BCUT2D eigenvalue weighted by molar-refractivity contribution is 9.10. The number of amides is 1. The third kappa shape index (κ3) is 4.04. The Balaban J connectivity index is 1.44. The van der Waals surface area contributed by atoms with Crippen molar-refractivity contribution in [3.05, 3.63) is 94.6 Å². The van der Waals surface area contributed by atoms with Gasteiger partial charge in [-0.2, -0.15) is 0 Å². The summed E-state index contributed by atoms with van der Waals surface area (Å²) in [6, 6.07) is 16.8. The fourth-order valence-electron chi connectivity index (χ4n) is 2.75. The number of hydrogen-bond donors (Lipinski definition) is 1. The first-order valence-electron chi connectivity index (χ1n) is 8.50. The number of hydrogen-bond acceptors (Lipinski definition) is 3. The predicted octanol–water partition coefficient (Wildman–Crippen LogP) is 5.07. The Morgan fingerprint density at radius 3 is 2.86 bits per heavy atom. The molecule has 0 aliphatic carbocycles. The number of anilines is 1. The number of benzene rings is 2. The van der Waals surface area contributed by atoms with Crippen molar-refractivity contribution >= 4 is 33.2 Å². The van der Waals surface area contributed by atoms with Crippen LogP contribution in [0.25, 0.3) is 5.65 Å². The molecule has 0 spiro atoms. The minimum absolute atomic E-state index is 0.308. The Labute approximate surface area is 168 Å². The Morgan fingerprint density at radius 2 is 2.04 bits per heavy atom. The summed E-state index contributed by atoms with van der Waals surface area (Å²) in [4.78, 5) is 16.9. The van der Waals surface area contributed by atoms with E-state index in [1.54, 1.807) is 24.3 Å². The Bertz CT molecular complexity index is 1130. The van der Waals surface area contributed by atoms with E-state index in [1.807, 2.05) is 35.0 Å². The van der Waals surface area contributed by atoms with Crippen LogP contribution in [-0.2, 0) is 6.61 Å². The van der Waals surface area contributed by atoms with Gasteiger partial charge in [-0.1, -0.05) is 12.1 Å². The molecule has 140 valence electrons. The van der Waals surface area contributed by atoms with Gasteiger partial charge in [-0.3, -0.25) is 4.79 Å². The minimum atomic E-state index is -0.411. The van der Waals surface area contributed by atoms with Gasteiger partial charge in [0.05, 0.1) is 11.3 Å². The van der Waals surface area contributed by atoms with Crippen LogP contribution < -0.4 is 10.1 Å². The highest BCUT2D eigenvalue weighted by atomic mass is 79.9. The van der Waals surface area contributed by atoms with E-state index >= 15 is 0 Å². The van der Waals surface area contributed by atoms with E-state index < -0.39 is 5.82 Å². The van der Waals surface area contributed by atoms with Crippen LogP contribution in [-0.4, -0.2) is 15.3 Å². The molecule has 0 bridgehead atoms. The van der Waals surface area contributed by atoms with Crippen molar-refractivity contribution in [2.24, 2.45) is 0 Å². The van der Waals surface area contributed by atoms with Gasteiger partial charge in [-0.25, -0.2) is 9.37 Å².